The Kier molecular flexibility index (Phi) is 1.72. The van der Waals surface area contributed by atoms with Crippen molar-refractivity contribution in [3.63, 3.8) is 0 Å². The van der Waals surface area contributed by atoms with Gasteiger partial charge in [-0.2, -0.15) is 0 Å². The lowest BCUT2D eigenvalue weighted by Crippen LogP contribution is -2.47. The molecule has 0 bridgehead atoms. The maximum Gasteiger partial charge on any atom is 0.328 e. The number of hydrogen-bond donors (Lipinski definition) is 2. The maximum atomic E-state index is 11.1. The molecule has 0 saturated heterocycles. The van der Waals surface area contributed by atoms with Gasteiger partial charge in [0.2, 0.25) is 0 Å². The van der Waals surface area contributed by atoms with Gasteiger partial charge >= 0.3 is 5.97 Å². The van der Waals surface area contributed by atoms with Crippen molar-refractivity contribution in [2.45, 2.75) is 25.8 Å². The molecule has 1 aliphatic rings. The maximum absolute atomic E-state index is 11.1. The van der Waals surface area contributed by atoms with E-state index in [1.807, 2.05) is 6.92 Å². The summed E-state index contributed by atoms with van der Waals surface area (Å²) in [6.45, 7) is 3.63. The summed E-state index contributed by atoms with van der Waals surface area (Å²) in [5, 5.41) is 9.13. The molecule has 0 aromatic carbocycles. The van der Waals surface area contributed by atoms with Gasteiger partial charge in [-0.25, -0.2) is 4.79 Å². The van der Waals surface area contributed by atoms with Crippen LogP contribution < -0.4 is 5.73 Å². The largest absolute Gasteiger partial charge is 0.480 e. The van der Waals surface area contributed by atoms with E-state index in [9.17, 15) is 4.79 Å². The number of rotatable bonds is 1. The first-order chi connectivity index (χ1) is 6.46. The monoisotopic (exact) mass is 195 g/mol. The second kappa shape index (κ2) is 2.60. The van der Waals surface area contributed by atoms with Gasteiger partial charge in [-0.15, -0.1) is 0 Å². The molecule has 0 radical (unpaired) electrons. The SMILES string of the molecule is Cc1cc2c(o1)CC(C)C2(N)C(=O)O. The van der Waals surface area contributed by atoms with Crippen LogP contribution in [0.15, 0.2) is 10.5 Å². The molecular formula is C10H13NO3. The average molecular weight is 195 g/mol. The Morgan fingerprint density at radius 3 is 3.00 bits per heavy atom. The molecule has 2 unspecified atom stereocenters. The minimum atomic E-state index is -1.27. The summed E-state index contributed by atoms with van der Waals surface area (Å²) in [5.74, 6) is 0.344. The molecule has 0 amide bonds. The number of carboxylic acid groups (broad SMARTS) is 1. The van der Waals surface area contributed by atoms with Crippen LogP contribution in [0.3, 0.4) is 0 Å². The molecule has 4 nitrogen and oxygen atoms in total. The third-order valence-corrected chi connectivity index (χ3v) is 3.00. The van der Waals surface area contributed by atoms with Crippen LogP contribution in [0.1, 0.15) is 24.0 Å². The Morgan fingerprint density at radius 2 is 2.43 bits per heavy atom. The van der Waals surface area contributed by atoms with E-state index in [4.69, 9.17) is 15.3 Å². The number of aliphatic carboxylic acids is 1. The fourth-order valence-corrected chi connectivity index (χ4v) is 2.09. The van der Waals surface area contributed by atoms with Gasteiger partial charge < -0.3 is 15.3 Å². The molecule has 4 heteroatoms. The average Bonchev–Trinajstić information content (AvgIpc) is 2.53. The number of aryl methyl sites for hydroxylation is 1. The smallest absolute Gasteiger partial charge is 0.328 e. The predicted molar refractivity (Wildman–Crippen MR) is 49.8 cm³/mol. The van der Waals surface area contributed by atoms with Crippen LogP contribution >= 0.6 is 0 Å². The molecule has 0 fully saturated rings. The van der Waals surface area contributed by atoms with Crippen LogP contribution in [0.2, 0.25) is 0 Å². The number of carbonyl (C=O) groups is 1. The van der Waals surface area contributed by atoms with Crippen LogP contribution in [-0.2, 0) is 16.8 Å². The van der Waals surface area contributed by atoms with Crippen molar-refractivity contribution in [2.24, 2.45) is 11.7 Å². The number of furan rings is 1. The number of fused-ring (bicyclic) bond motifs is 1. The van der Waals surface area contributed by atoms with E-state index in [0.717, 1.165) is 11.5 Å². The second-order valence-electron chi connectivity index (χ2n) is 3.97. The summed E-state index contributed by atoms with van der Waals surface area (Å²) in [6.07, 6.45) is 0.603. The molecule has 0 saturated carbocycles. The van der Waals surface area contributed by atoms with E-state index in [0.29, 0.717) is 12.0 Å². The van der Waals surface area contributed by atoms with Crippen LogP contribution in [-0.4, -0.2) is 11.1 Å². The lowest BCUT2D eigenvalue weighted by molar-refractivity contribution is -0.145. The summed E-state index contributed by atoms with van der Waals surface area (Å²) in [7, 11) is 0. The number of carboxylic acids is 1. The zero-order valence-corrected chi connectivity index (χ0v) is 8.20. The van der Waals surface area contributed by atoms with Gasteiger partial charge in [-0.3, -0.25) is 0 Å². The van der Waals surface area contributed by atoms with Gasteiger partial charge in [-0.05, 0) is 18.9 Å². The fourth-order valence-electron chi connectivity index (χ4n) is 2.09. The highest BCUT2D eigenvalue weighted by molar-refractivity contribution is 5.82. The standard InChI is InChI=1S/C10H13NO3/c1-5-3-8-7(4-6(2)14-8)10(5,11)9(12)13/h4-5H,3,11H2,1-2H3,(H,12,13). The first-order valence-corrected chi connectivity index (χ1v) is 4.58. The second-order valence-corrected chi connectivity index (χ2v) is 3.97. The van der Waals surface area contributed by atoms with Crippen LogP contribution in [0, 0.1) is 12.8 Å². The molecule has 2 atom stereocenters. The normalized spacial score (nSPS) is 30.4. The highest BCUT2D eigenvalue weighted by atomic mass is 16.4. The van der Waals surface area contributed by atoms with Gasteiger partial charge in [-0.1, -0.05) is 6.92 Å². The molecule has 2 rings (SSSR count). The zero-order chi connectivity index (χ0) is 10.5. The summed E-state index contributed by atoms with van der Waals surface area (Å²) in [6, 6.07) is 1.73. The fraction of sp³-hybridized carbons (Fsp3) is 0.500. The molecule has 14 heavy (non-hydrogen) atoms. The van der Waals surface area contributed by atoms with Gasteiger partial charge in [0, 0.05) is 12.0 Å². The quantitative estimate of drug-likeness (QED) is 0.701. The van der Waals surface area contributed by atoms with Crippen LogP contribution in [0.25, 0.3) is 0 Å². The molecule has 1 heterocycles. The third kappa shape index (κ3) is 0.944. The van der Waals surface area contributed by atoms with Gasteiger partial charge in [0.15, 0.2) is 0 Å². The predicted octanol–water partition coefficient (Wildman–Crippen LogP) is 1.02. The summed E-state index contributed by atoms with van der Waals surface area (Å²) >= 11 is 0. The van der Waals surface area contributed by atoms with Crippen LogP contribution in [0.5, 0.6) is 0 Å². The molecule has 0 aliphatic heterocycles. The summed E-state index contributed by atoms with van der Waals surface area (Å²) in [5.41, 5.74) is 5.27. The number of hydrogen-bond acceptors (Lipinski definition) is 3. The Bertz CT molecular complexity index is 396. The molecule has 3 N–H and O–H groups in total. The molecule has 1 aliphatic carbocycles. The minimum absolute atomic E-state index is 0.116. The number of nitrogens with two attached hydrogens (primary N) is 1. The van der Waals surface area contributed by atoms with Crippen molar-refractivity contribution in [3.05, 3.63) is 23.2 Å². The van der Waals surface area contributed by atoms with Crippen molar-refractivity contribution >= 4 is 5.97 Å². The van der Waals surface area contributed by atoms with E-state index in [-0.39, 0.29) is 5.92 Å². The van der Waals surface area contributed by atoms with Gasteiger partial charge in [0.05, 0.1) is 0 Å². The highest BCUT2D eigenvalue weighted by Gasteiger charge is 2.49. The molecule has 1 aromatic rings. The minimum Gasteiger partial charge on any atom is -0.480 e. The van der Waals surface area contributed by atoms with Crippen molar-refractivity contribution in [3.8, 4) is 0 Å². The highest BCUT2D eigenvalue weighted by Crippen LogP contribution is 2.41. The Labute approximate surface area is 81.7 Å². The van der Waals surface area contributed by atoms with E-state index in [1.54, 1.807) is 13.0 Å². The first kappa shape index (κ1) is 9.27. The third-order valence-electron chi connectivity index (χ3n) is 3.00. The van der Waals surface area contributed by atoms with E-state index in [1.165, 1.54) is 0 Å². The molecular weight excluding hydrogens is 182 g/mol. The van der Waals surface area contributed by atoms with Crippen LogP contribution in [0.4, 0.5) is 0 Å². The van der Waals surface area contributed by atoms with E-state index in [2.05, 4.69) is 0 Å². The topological polar surface area (TPSA) is 76.5 Å². The van der Waals surface area contributed by atoms with Gasteiger partial charge in [0.25, 0.3) is 0 Å². The van der Waals surface area contributed by atoms with E-state index < -0.39 is 11.5 Å². The van der Waals surface area contributed by atoms with Crippen molar-refractivity contribution < 1.29 is 14.3 Å². The first-order valence-electron chi connectivity index (χ1n) is 4.58. The summed E-state index contributed by atoms with van der Waals surface area (Å²) < 4.78 is 5.40. The molecule has 0 spiro atoms. The Hall–Kier alpha value is -1.29. The van der Waals surface area contributed by atoms with Crippen molar-refractivity contribution in [1.82, 2.24) is 0 Å². The lowest BCUT2D eigenvalue weighted by Gasteiger charge is -2.23. The zero-order valence-electron chi connectivity index (χ0n) is 8.20. The Balaban J connectivity index is 2.57. The van der Waals surface area contributed by atoms with Gasteiger partial charge in [0.1, 0.15) is 17.1 Å². The van der Waals surface area contributed by atoms with Crippen molar-refractivity contribution in [1.29, 1.82) is 0 Å². The molecule has 76 valence electrons. The molecule has 1 aromatic heterocycles. The lowest BCUT2D eigenvalue weighted by atomic mass is 9.86. The Morgan fingerprint density at radius 1 is 1.79 bits per heavy atom. The van der Waals surface area contributed by atoms with E-state index >= 15 is 0 Å². The summed E-state index contributed by atoms with van der Waals surface area (Å²) in [4.78, 5) is 11.1. The van der Waals surface area contributed by atoms with Crippen molar-refractivity contribution in [2.75, 3.05) is 0 Å².